The number of aliphatic hydroxyl groups is 2. The molecule has 33 heavy (non-hydrogen) atoms. The van der Waals surface area contributed by atoms with E-state index in [1.807, 2.05) is 0 Å². The number of nitrogens with zero attached hydrogens (tertiary/aromatic N) is 2. The summed E-state index contributed by atoms with van der Waals surface area (Å²) in [6.07, 6.45) is -4.42. The molecule has 2 aromatic carbocycles. The summed E-state index contributed by atoms with van der Waals surface area (Å²) in [5, 5.41) is 22.9. The van der Waals surface area contributed by atoms with E-state index >= 15 is 0 Å². The van der Waals surface area contributed by atoms with Crippen molar-refractivity contribution in [3.8, 4) is 17.1 Å². The van der Waals surface area contributed by atoms with Crippen LogP contribution in [-0.2, 0) is 6.18 Å². The molecular weight excluding hydrogens is 461 g/mol. The number of amides is 1. The highest BCUT2D eigenvalue weighted by molar-refractivity contribution is 7.13. The highest BCUT2D eigenvalue weighted by atomic mass is 32.1. The Morgan fingerprint density at radius 2 is 2.09 bits per heavy atom. The summed E-state index contributed by atoms with van der Waals surface area (Å²) < 4.78 is 46.5. The van der Waals surface area contributed by atoms with Crippen LogP contribution in [-0.4, -0.2) is 50.4 Å². The lowest BCUT2D eigenvalue weighted by Crippen LogP contribution is -2.21. The zero-order valence-electron chi connectivity index (χ0n) is 16.8. The van der Waals surface area contributed by atoms with Gasteiger partial charge in [0.15, 0.2) is 5.13 Å². The first-order valence-corrected chi connectivity index (χ1v) is 10.5. The van der Waals surface area contributed by atoms with Crippen LogP contribution in [0.5, 0.6) is 5.75 Å². The van der Waals surface area contributed by atoms with Crippen molar-refractivity contribution in [3.05, 3.63) is 59.1 Å². The maximum absolute atomic E-state index is 13.8. The number of aromatic nitrogens is 3. The second-order valence-corrected chi connectivity index (χ2v) is 7.83. The molecule has 0 radical (unpaired) electrons. The summed E-state index contributed by atoms with van der Waals surface area (Å²) in [5.74, 6) is -0.692. The van der Waals surface area contributed by atoms with E-state index < -0.39 is 30.4 Å². The number of alkyl halides is 3. The number of carbonyl (C=O) groups is 1. The predicted octanol–water partition coefficient (Wildman–Crippen LogP) is 3.69. The molecule has 0 saturated heterocycles. The molecule has 4 aromatic rings. The fourth-order valence-corrected chi connectivity index (χ4v) is 3.62. The number of anilines is 1. The SMILES string of the molecule is O=C(Nc1nccs1)c1cccc2[nH]c(-c3ccc(OC[C@@H](O)CO)cc3C(F)(F)F)nc12. The van der Waals surface area contributed by atoms with Crippen LogP contribution in [0.4, 0.5) is 18.3 Å². The molecule has 4 N–H and O–H groups in total. The minimum absolute atomic E-state index is 0.0752. The molecule has 1 atom stereocenters. The van der Waals surface area contributed by atoms with Crippen LogP contribution < -0.4 is 10.1 Å². The van der Waals surface area contributed by atoms with Gasteiger partial charge in [-0.1, -0.05) is 6.07 Å². The first-order chi connectivity index (χ1) is 15.8. The van der Waals surface area contributed by atoms with Crippen LogP contribution in [0, 0.1) is 0 Å². The molecule has 0 unspecified atom stereocenters. The van der Waals surface area contributed by atoms with Gasteiger partial charge < -0.3 is 19.9 Å². The van der Waals surface area contributed by atoms with Crippen molar-refractivity contribution >= 4 is 33.4 Å². The number of fused-ring (bicyclic) bond motifs is 1. The molecule has 0 saturated carbocycles. The average Bonchev–Trinajstić information content (AvgIpc) is 3.46. The summed E-state index contributed by atoms with van der Waals surface area (Å²) in [5.41, 5.74) is -0.472. The zero-order valence-corrected chi connectivity index (χ0v) is 17.6. The first kappa shape index (κ1) is 22.7. The number of thiazole rings is 1. The van der Waals surface area contributed by atoms with Gasteiger partial charge >= 0.3 is 6.18 Å². The Morgan fingerprint density at radius 3 is 2.79 bits per heavy atom. The molecule has 8 nitrogen and oxygen atoms in total. The topological polar surface area (TPSA) is 120 Å². The second kappa shape index (κ2) is 9.17. The molecule has 0 fully saturated rings. The second-order valence-electron chi connectivity index (χ2n) is 6.93. The van der Waals surface area contributed by atoms with E-state index in [-0.39, 0.29) is 34.8 Å². The lowest BCUT2D eigenvalue weighted by Gasteiger charge is -2.15. The number of para-hydroxylation sites is 1. The number of aromatic amines is 1. The van der Waals surface area contributed by atoms with Gasteiger partial charge in [-0.05, 0) is 30.3 Å². The number of hydrogen-bond acceptors (Lipinski definition) is 7. The lowest BCUT2D eigenvalue weighted by atomic mass is 10.1. The minimum atomic E-state index is -4.73. The third kappa shape index (κ3) is 4.97. The number of carbonyl (C=O) groups excluding carboxylic acids is 1. The van der Waals surface area contributed by atoms with Crippen LogP contribution in [0.2, 0.25) is 0 Å². The van der Waals surface area contributed by atoms with E-state index in [0.29, 0.717) is 10.6 Å². The van der Waals surface area contributed by atoms with Crippen LogP contribution in [0.3, 0.4) is 0 Å². The summed E-state index contributed by atoms with van der Waals surface area (Å²) >= 11 is 1.23. The zero-order chi connectivity index (χ0) is 23.6. The summed E-state index contributed by atoms with van der Waals surface area (Å²) in [7, 11) is 0. The Labute approximate surface area is 188 Å². The smallest absolute Gasteiger partial charge is 0.417 e. The Morgan fingerprint density at radius 1 is 1.27 bits per heavy atom. The summed E-state index contributed by atoms with van der Waals surface area (Å²) in [6, 6.07) is 8.00. The van der Waals surface area contributed by atoms with Crippen LogP contribution in [0.1, 0.15) is 15.9 Å². The molecule has 0 bridgehead atoms. The number of hydrogen-bond donors (Lipinski definition) is 4. The van der Waals surface area contributed by atoms with Gasteiger partial charge in [-0.15, -0.1) is 11.3 Å². The minimum Gasteiger partial charge on any atom is -0.491 e. The Bertz CT molecular complexity index is 1270. The quantitative estimate of drug-likeness (QED) is 0.322. The Kier molecular flexibility index (Phi) is 6.31. The number of nitrogens with one attached hydrogen (secondary N) is 2. The number of halogens is 3. The van der Waals surface area contributed by atoms with E-state index in [9.17, 15) is 23.1 Å². The summed E-state index contributed by atoms with van der Waals surface area (Å²) in [6.45, 7) is -0.947. The van der Waals surface area contributed by atoms with Gasteiger partial charge in [-0.25, -0.2) is 9.97 Å². The molecule has 1 amide bonds. The molecule has 172 valence electrons. The van der Waals surface area contributed by atoms with Crippen molar-refractivity contribution in [2.75, 3.05) is 18.5 Å². The van der Waals surface area contributed by atoms with E-state index in [0.717, 1.165) is 6.07 Å². The molecule has 2 aromatic heterocycles. The van der Waals surface area contributed by atoms with Gasteiger partial charge in [0.1, 0.15) is 29.8 Å². The molecule has 0 aliphatic heterocycles. The summed E-state index contributed by atoms with van der Waals surface area (Å²) in [4.78, 5) is 23.8. The maximum atomic E-state index is 13.8. The molecule has 12 heteroatoms. The van der Waals surface area contributed by atoms with E-state index in [2.05, 4.69) is 20.3 Å². The predicted molar refractivity (Wildman–Crippen MR) is 115 cm³/mol. The normalized spacial score (nSPS) is 12.6. The Balaban J connectivity index is 1.71. The van der Waals surface area contributed by atoms with E-state index in [4.69, 9.17) is 9.84 Å². The Hall–Kier alpha value is -3.48. The highest BCUT2D eigenvalue weighted by Crippen LogP contribution is 2.39. The van der Waals surface area contributed by atoms with Crippen LogP contribution in [0.15, 0.2) is 48.0 Å². The van der Waals surface area contributed by atoms with Crippen molar-refractivity contribution in [2.45, 2.75) is 12.3 Å². The number of rotatable bonds is 7. The lowest BCUT2D eigenvalue weighted by molar-refractivity contribution is -0.137. The fourth-order valence-electron chi connectivity index (χ4n) is 3.09. The molecule has 2 heterocycles. The number of ether oxygens (including phenoxy) is 1. The molecule has 0 aliphatic carbocycles. The third-order valence-electron chi connectivity index (χ3n) is 4.61. The van der Waals surface area contributed by atoms with Gasteiger partial charge in [0.25, 0.3) is 5.91 Å². The number of benzene rings is 2. The average molecular weight is 478 g/mol. The van der Waals surface area contributed by atoms with E-state index in [1.165, 1.54) is 35.7 Å². The monoisotopic (exact) mass is 478 g/mol. The van der Waals surface area contributed by atoms with Gasteiger partial charge in [0.05, 0.1) is 23.3 Å². The molecule has 0 spiro atoms. The van der Waals surface area contributed by atoms with Gasteiger partial charge in [0.2, 0.25) is 0 Å². The molecular formula is C21H17F3N4O4S. The van der Waals surface area contributed by atoms with E-state index in [1.54, 1.807) is 17.5 Å². The maximum Gasteiger partial charge on any atom is 0.417 e. The molecule has 4 rings (SSSR count). The number of aliphatic hydroxyl groups excluding tert-OH is 2. The molecule has 0 aliphatic rings. The van der Waals surface area contributed by atoms with Crippen molar-refractivity contribution in [2.24, 2.45) is 0 Å². The van der Waals surface area contributed by atoms with Gasteiger partial charge in [-0.3, -0.25) is 10.1 Å². The standard InChI is InChI=1S/C21H17F3N4O4S/c22-21(23,24)15-8-12(32-10-11(30)9-29)4-5-13(15)18-26-16-3-1-2-14(17(16)27-18)19(31)28-20-25-6-7-33-20/h1-8,11,29-30H,9-10H2,(H,26,27)(H,25,28,31)/t11-/m0/s1. The van der Waals surface area contributed by atoms with Crippen LogP contribution >= 0.6 is 11.3 Å². The highest BCUT2D eigenvalue weighted by Gasteiger charge is 2.35. The van der Waals surface area contributed by atoms with Crippen molar-refractivity contribution in [1.29, 1.82) is 0 Å². The largest absolute Gasteiger partial charge is 0.491 e. The van der Waals surface area contributed by atoms with Gasteiger partial charge in [0, 0.05) is 17.1 Å². The van der Waals surface area contributed by atoms with Crippen molar-refractivity contribution in [3.63, 3.8) is 0 Å². The van der Waals surface area contributed by atoms with Crippen LogP contribution in [0.25, 0.3) is 22.4 Å². The fraction of sp³-hybridized carbons (Fsp3) is 0.190. The number of imidazole rings is 1. The number of H-pyrrole nitrogens is 1. The van der Waals surface area contributed by atoms with Crippen molar-refractivity contribution < 1.29 is 32.9 Å². The first-order valence-electron chi connectivity index (χ1n) is 9.59. The van der Waals surface area contributed by atoms with Gasteiger partial charge in [-0.2, -0.15) is 13.2 Å². The van der Waals surface area contributed by atoms with Crippen molar-refractivity contribution in [1.82, 2.24) is 15.0 Å². The third-order valence-corrected chi connectivity index (χ3v) is 5.30.